The van der Waals surface area contributed by atoms with Gasteiger partial charge in [0.1, 0.15) is 4.60 Å². The molecule has 0 aliphatic carbocycles. The number of pyridine rings is 1. The Morgan fingerprint density at radius 2 is 2.05 bits per heavy atom. The largest absolute Gasteiger partial charge is 0.481 e. The molecule has 0 aromatic carbocycles. The number of aryl methyl sites for hydroxylation is 1. The first kappa shape index (κ1) is 16.2. The molecular weight excluding hydrogens is 362 g/mol. The van der Waals surface area contributed by atoms with Gasteiger partial charge in [0.15, 0.2) is 0 Å². The van der Waals surface area contributed by atoms with Crippen LogP contribution in [0.5, 0.6) is 0 Å². The predicted octanol–water partition coefficient (Wildman–Crippen LogP) is 1.61. The van der Waals surface area contributed by atoms with E-state index in [1.807, 2.05) is 0 Å². The molecule has 0 atom stereocenters. The van der Waals surface area contributed by atoms with E-state index in [4.69, 9.17) is 5.11 Å². The topological polar surface area (TPSA) is 99.6 Å². The highest BCUT2D eigenvalue weighted by atomic mass is 79.9. The second kappa shape index (κ2) is 6.29. The van der Waals surface area contributed by atoms with Crippen LogP contribution in [0.1, 0.15) is 18.5 Å². The average Bonchev–Trinajstić information content (AvgIpc) is 2.42. The molecule has 0 amide bonds. The normalized spacial score (nSPS) is 17.6. The van der Waals surface area contributed by atoms with Crippen molar-refractivity contribution in [1.29, 1.82) is 0 Å². The van der Waals surface area contributed by atoms with E-state index in [9.17, 15) is 13.2 Å². The minimum atomic E-state index is -3.69. The summed E-state index contributed by atoms with van der Waals surface area (Å²) in [5.41, 5.74) is 0.979. The summed E-state index contributed by atoms with van der Waals surface area (Å²) in [4.78, 5) is 15.0. The maximum absolute atomic E-state index is 12.3. The summed E-state index contributed by atoms with van der Waals surface area (Å²) >= 11 is 3.22. The number of halogens is 1. The SMILES string of the molecule is Cc1nc(Br)ccc1NS(=O)(=O)N1CCC(C(=O)O)CC1. The Morgan fingerprint density at radius 1 is 1.43 bits per heavy atom. The van der Waals surface area contributed by atoms with Crippen LogP contribution in [0.15, 0.2) is 16.7 Å². The second-order valence-corrected chi connectivity index (χ2v) is 7.37. The summed E-state index contributed by atoms with van der Waals surface area (Å²) in [6.45, 7) is 2.11. The zero-order chi connectivity index (χ0) is 15.6. The second-order valence-electron chi connectivity index (χ2n) is 4.89. The highest BCUT2D eigenvalue weighted by Crippen LogP contribution is 2.22. The third kappa shape index (κ3) is 3.92. The maximum atomic E-state index is 12.3. The maximum Gasteiger partial charge on any atom is 0.306 e. The molecule has 2 rings (SSSR count). The average molecular weight is 378 g/mol. The Morgan fingerprint density at radius 3 is 2.57 bits per heavy atom. The van der Waals surface area contributed by atoms with Gasteiger partial charge < -0.3 is 5.11 Å². The zero-order valence-corrected chi connectivity index (χ0v) is 13.8. The molecule has 21 heavy (non-hydrogen) atoms. The summed E-state index contributed by atoms with van der Waals surface area (Å²) in [5.74, 6) is -1.33. The quantitative estimate of drug-likeness (QED) is 0.776. The van der Waals surface area contributed by atoms with Gasteiger partial charge in [-0.05, 0) is 47.8 Å². The van der Waals surface area contributed by atoms with E-state index < -0.39 is 22.1 Å². The fourth-order valence-electron chi connectivity index (χ4n) is 2.18. The molecular formula is C12H16BrN3O4S. The molecule has 1 aromatic heterocycles. The molecule has 7 nitrogen and oxygen atoms in total. The van der Waals surface area contributed by atoms with Crippen molar-refractivity contribution in [3.05, 3.63) is 22.4 Å². The molecule has 2 N–H and O–H groups in total. The molecule has 1 aliphatic rings. The Hall–Kier alpha value is -1.19. The van der Waals surface area contributed by atoms with Crippen molar-refractivity contribution in [2.75, 3.05) is 17.8 Å². The van der Waals surface area contributed by atoms with E-state index in [0.29, 0.717) is 28.8 Å². The van der Waals surface area contributed by atoms with E-state index in [0.717, 1.165) is 0 Å². The van der Waals surface area contributed by atoms with Crippen LogP contribution in [0, 0.1) is 12.8 Å². The number of rotatable bonds is 4. The van der Waals surface area contributed by atoms with Crippen molar-refractivity contribution in [3.8, 4) is 0 Å². The van der Waals surface area contributed by atoms with Crippen LogP contribution in [-0.2, 0) is 15.0 Å². The van der Waals surface area contributed by atoms with Crippen LogP contribution < -0.4 is 4.72 Å². The number of hydrogen-bond donors (Lipinski definition) is 2. The monoisotopic (exact) mass is 377 g/mol. The highest BCUT2D eigenvalue weighted by Gasteiger charge is 2.31. The number of carbonyl (C=O) groups is 1. The predicted molar refractivity (Wildman–Crippen MR) is 81.1 cm³/mol. The smallest absolute Gasteiger partial charge is 0.306 e. The molecule has 1 fully saturated rings. The molecule has 0 radical (unpaired) electrons. The number of hydrogen-bond acceptors (Lipinski definition) is 4. The number of aromatic nitrogens is 1. The van der Waals surface area contributed by atoms with Gasteiger partial charge in [-0.25, -0.2) is 4.98 Å². The lowest BCUT2D eigenvalue weighted by Crippen LogP contribution is -2.43. The highest BCUT2D eigenvalue weighted by molar-refractivity contribution is 9.10. The van der Waals surface area contributed by atoms with Crippen molar-refractivity contribution in [3.63, 3.8) is 0 Å². The van der Waals surface area contributed by atoms with Gasteiger partial charge in [-0.3, -0.25) is 9.52 Å². The summed E-state index contributed by atoms with van der Waals surface area (Å²) in [6.07, 6.45) is 0.654. The minimum absolute atomic E-state index is 0.204. The van der Waals surface area contributed by atoms with E-state index in [1.165, 1.54) is 4.31 Å². The zero-order valence-electron chi connectivity index (χ0n) is 11.4. The van der Waals surface area contributed by atoms with Crippen LogP contribution in [0.4, 0.5) is 5.69 Å². The number of anilines is 1. The van der Waals surface area contributed by atoms with Crippen LogP contribution >= 0.6 is 15.9 Å². The number of carboxylic acid groups (broad SMARTS) is 1. The molecule has 2 heterocycles. The van der Waals surface area contributed by atoms with E-state index in [2.05, 4.69) is 25.6 Å². The summed E-state index contributed by atoms with van der Waals surface area (Å²) in [7, 11) is -3.69. The summed E-state index contributed by atoms with van der Waals surface area (Å²) in [6, 6.07) is 3.29. The number of carboxylic acids is 1. The molecule has 1 saturated heterocycles. The Kier molecular flexibility index (Phi) is 4.84. The van der Waals surface area contributed by atoms with Gasteiger partial charge >= 0.3 is 16.2 Å². The summed E-state index contributed by atoms with van der Waals surface area (Å²) < 4.78 is 29.0. The molecule has 0 bridgehead atoms. The van der Waals surface area contributed by atoms with Gasteiger partial charge in [-0.1, -0.05) is 0 Å². The van der Waals surface area contributed by atoms with Gasteiger partial charge in [0.05, 0.1) is 17.3 Å². The van der Waals surface area contributed by atoms with Crippen molar-refractivity contribution >= 4 is 37.8 Å². The van der Waals surface area contributed by atoms with E-state index >= 15 is 0 Å². The lowest BCUT2D eigenvalue weighted by molar-refractivity contribution is -0.142. The molecule has 9 heteroatoms. The molecule has 1 aromatic rings. The lowest BCUT2D eigenvalue weighted by atomic mass is 9.99. The van der Waals surface area contributed by atoms with Gasteiger partial charge in [0.25, 0.3) is 0 Å². The molecule has 0 unspecified atom stereocenters. The fourth-order valence-corrected chi connectivity index (χ4v) is 3.90. The van der Waals surface area contributed by atoms with Crippen molar-refractivity contribution < 1.29 is 18.3 Å². The van der Waals surface area contributed by atoms with Crippen molar-refractivity contribution in [2.45, 2.75) is 19.8 Å². The first-order chi connectivity index (χ1) is 9.79. The Balaban J connectivity index is 2.07. The molecule has 1 aliphatic heterocycles. The Bertz CT molecular complexity index is 642. The minimum Gasteiger partial charge on any atom is -0.481 e. The van der Waals surface area contributed by atoms with E-state index in [1.54, 1.807) is 19.1 Å². The van der Waals surface area contributed by atoms with E-state index in [-0.39, 0.29) is 13.1 Å². The standard InChI is InChI=1S/C12H16BrN3O4S/c1-8-10(2-3-11(13)14-8)15-21(19,20)16-6-4-9(5-7-16)12(17)18/h2-3,9,15H,4-7H2,1H3,(H,17,18). The molecule has 0 saturated carbocycles. The van der Waals surface area contributed by atoms with Crippen LogP contribution in [0.25, 0.3) is 0 Å². The van der Waals surface area contributed by atoms with Gasteiger partial charge in [-0.2, -0.15) is 12.7 Å². The summed E-state index contributed by atoms with van der Waals surface area (Å²) in [5, 5.41) is 8.93. The van der Waals surface area contributed by atoms with Gasteiger partial charge in [0.2, 0.25) is 0 Å². The van der Waals surface area contributed by atoms with Crippen LogP contribution in [-0.4, -0.2) is 41.9 Å². The number of aliphatic carboxylic acids is 1. The molecule has 0 spiro atoms. The van der Waals surface area contributed by atoms with Gasteiger partial charge in [-0.15, -0.1) is 0 Å². The Labute approximate surface area is 131 Å². The first-order valence-corrected chi connectivity index (χ1v) is 8.67. The number of nitrogens with one attached hydrogen (secondary N) is 1. The van der Waals surface area contributed by atoms with Crippen molar-refractivity contribution in [2.24, 2.45) is 5.92 Å². The first-order valence-electron chi connectivity index (χ1n) is 6.43. The fraction of sp³-hybridized carbons (Fsp3) is 0.500. The van der Waals surface area contributed by atoms with Crippen LogP contribution in [0.2, 0.25) is 0 Å². The van der Waals surface area contributed by atoms with Crippen molar-refractivity contribution in [1.82, 2.24) is 9.29 Å². The lowest BCUT2D eigenvalue weighted by Gasteiger charge is -2.29. The number of nitrogens with zero attached hydrogens (tertiary/aromatic N) is 2. The van der Waals surface area contributed by atoms with Gasteiger partial charge in [0, 0.05) is 13.1 Å². The molecule has 116 valence electrons. The third-order valence-corrected chi connectivity index (χ3v) is 5.40. The van der Waals surface area contributed by atoms with Crippen LogP contribution in [0.3, 0.4) is 0 Å². The third-order valence-electron chi connectivity index (χ3n) is 3.43. The number of piperidine rings is 1.